The van der Waals surface area contributed by atoms with E-state index in [4.69, 9.17) is 23.2 Å². The smallest absolute Gasteiger partial charge is 0.242 e. The predicted molar refractivity (Wildman–Crippen MR) is 90.1 cm³/mol. The Bertz CT molecular complexity index is 535. The lowest BCUT2D eigenvalue weighted by Gasteiger charge is -2.30. The van der Waals surface area contributed by atoms with E-state index < -0.39 is 6.04 Å². The van der Waals surface area contributed by atoms with Crippen LogP contribution >= 0.6 is 23.2 Å². The van der Waals surface area contributed by atoms with Crippen LogP contribution in [0, 0.1) is 0 Å². The van der Waals surface area contributed by atoms with Crippen molar-refractivity contribution in [3.05, 3.63) is 33.8 Å². The number of hydrogen-bond acceptors (Lipinski definition) is 2. The van der Waals surface area contributed by atoms with Gasteiger partial charge < -0.3 is 10.2 Å². The zero-order valence-corrected chi connectivity index (χ0v) is 14.7. The van der Waals surface area contributed by atoms with Gasteiger partial charge in [-0.05, 0) is 31.0 Å². The molecule has 0 spiro atoms. The molecule has 22 heavy (non-hydrogen) atoms. The molecule has 1 rings (SSSR count). The molecule has 0 saturated heterocycles. The molecule has 1 atom stereocenters. The second-order valence-electron chi connectivity index (χ2n) is 4.93. The second-order valence-corrected chi connectivity index (χ2v) is 5.77. The number of hydrogen-bond donors (Lipinski definition) is 1. The third kappa shape index (κ3) is 4.89. The zero-order chi connectivity index (χ0) is 16.7. The van der Waals surface area contributed by atoms with E-state index in [1.807, 2.05) is 13.8 Å². The van der Waals surface area contributed by atoms with E-state index in [1.54, 1.807) is 30.0 Å². The van der Waals surface area contributed by atoms with E-state index in [0.29, 0.717) is 29.4 Å². The molecule has 0 fully saturated rings. The van der Waals surface area contributed by atoms with Crippen molar-refractivity contribution in [3.63, 3.8) is 0 Å². The Balaban J connectivity index is 3.06. The maximum atomic E-state index is 12.3. The first-order valence-electron chi connectivity index (χ1n) is 7.45. The molecule has 0 aliphatic rings. The van der Waals surface area contributed by atoms with Crippen LogP contribution in [-0.4, -0.2) is 29.3 Å². The first-order valence-corrected chi connectivity index (χ1v) is 8.21. The first-order chi connectivity index (χ1) is 10.4. The third-order valence-corrected chi connectivity index (χ3v) is 3.98. The summed E-state index contributed by atoms with van der Waals surface area (Å²) in [7, 11) is 0. The molecule has 0 radical (unpaired) electrons. The number of likely N-dealkylation sites (N-methyl/N-ethyl adjacent to an activating group) is 1. The van der Waals surface area contributed by atoms with E-state index in [0.717, 1.165) is 5.56 Å². The Hall–Kier alpha value is -1.26. The minimum atomic E-state index is -0.501. The molecule has 1 unspecified atom stereocenters. The van der Waals surface area contributed by atoms with Crippen LogP contribution in [0.4, 0.5) is 0 Å². The molecule has 6 heteroatoms. The molecule has 0 heterocycles. The van der Waals surface area contributed by atoms with Gasteiger partial charge in [-0.2, -0.15) is 0 Å². The van der Waals surface area contributed by atoms with Crippen LogP contribution in [-0.2, 0) is 16.1 Å². The number of halogens is 2. The van der Waals surface area contributed by atoms with Crippen molar-refractivity contribution >= 4 is 35.0 Å². The van der Waals surface area contributed by atoms with Crippen molar-refractivity contribution in [2.75, 3.05) is 6.54 Å². The highest BCUT2D eigenvalue weighted by Crippen LogP contribution is 2.23. The Labute approximate surface area is 141 Å². The normalized spacial score (nSPS) is 11.9. The third-order valence-electron chi connectivity index (χ3n) is 3.40. The van der Waals surface area contributed by atoms with Crippen LogP contribution in [0.3, 0.4) is 0 Å². The van der Waals surface area contributed by atoms with E-state index >= 15 is 0 Å². The lowest BCUT2D eigenvalue weighted by molar-refractivity contribution is -0.141. The van der Waals surface area contributed by atoms with Crippen molar-refractivity contribution < 1.29 is 9.59 Å². The highest BCUT2D eigenvalue weighted by Gasteiger charge is 2.27. The number of amides is 2. The van der Waals surface area contributed by atoms with Crippen molar-refractivity contribution in [2.24, 2.45) is 0 Å². The maximum Gasteiger partial charge on any atom is 0.242 e. The van der Waals surface area contributed by atoms with Gasteiger partial charge in [0.05, 0.1) is 0 Å². The fourth-order valence-corrected chi connectivity index (χ4v) is 2.72. The van der Waals surface area contributed by atoms with Gasteiger partial charge in [-0.25, -0.2) is 0 Å². The van der Waals surface area contributed by atoms with Crippen LogP contribution in [0.2, 0.25) is 10.0 Å². The van der Waals surface area contributed by atoms with Gasteiger partial charge in [-0.3, -0.25) is 9.59 Å². The van der Waals surface area contributed by atoms with Crippen LogP contribution < -0.4 is 5.32 Å². The Morgan fingerprint density at radius 3 is 2.41 bits per heavy atom. The molecular weight excluding hydrogens is 323 g/mol. The molecular formula is C16H22Cl2N2O2. The van der Waals surface area contributed by atoms with Gasteiger partial charge in [-0.15, -0.1) is 0 Å². The number of nitrogens with one attached hydrogen (secondary N) is 1. The van der Waals surface area contributed by atoms with Gasteiger partial charge in [0, 0.05) is 29.6 Å². The number of carbonyl (C=O) groups is 2. The van der Waals surface area contributed by atoms with Gasteiger partial charge >= 0.3 is 0 Å². The van der Waals surface area contributed by atoms with Crippen LogP contribution in [0.5, 0.6) is 0 Å². The van der Waals surface area contributed by atoms with Crippen LogP contribution in [0.1, 0.15) is 39.2 Å². The average molecular weight is 345 g/mol. The summed E-state index contributed by atoms with van der Waals surface area (Å²) < 4.78 is 0. The van der Waals surface area contributed by atoms with Crippen molar-refractivity contribution in [2.45, 2.75) is 46.2 Å². The molecule has 1 aromatic carbocycles. The Kier molecular flexibility index (Phi) is 7.69. The fraction of sp³-hybridized carbons (Fsp3) is 0.500. The van der Waals surface area contributed by atoms with Gasteiger partial charge in [0.15, 0.2) is 0 Å². The average Bonchev–Trinajstić information content (AvgIpc) is 2.48. The van der Waals surface area contributed by atoms with Gasteiger partial charge in [-0.1, -0.05) is 43.1 Å². The van der Waals surface area contributed by atoms with Gasteiger partial charge in [0.1, 0.15) is 6.04 Å². The summed E-state index contributed by atoms with van der Waals surface area (Å²) in [5, 5.41) is 3.81. The summed E-state index contributed by atoms with van der Waals surface area (Å²) in [6, 6.07) is 4.65. The largest absolute Gasteiger partial charge is 0.355 e. The molecule has 0 aliphatic heterocycles. The standard InChI is InChI=1S/C16H22Cl2N2O2/c1-4-14(16(22)19-6-3)20(15(21)5-2)10-11-7-8-12(17)9-13(11)18/h7-9,14H,4-6,10H2,1-3H3,(H,19,22). The summed E-state index contributed by atoms with van der Waals surface area (Å²) in [5.41, 5.74) is 0.774. The van der Waals surface area contributed by atoms with E-state index in [-0.39, 0.29) is 18.4 Å². The molecule has 1 aromatic rings. The number of rotatable bonds is 7. The fourth-order valence-electron chi connectivity index (χ4n) is 2.25. The lowest BCUT2D eigenvalue weighted by atomic mass is 10.1. The molecule has 0 bridgehead atoms. The molecule has 4 nitrogen and oxygen atoms in total. The van der Waals surface area contributed by atoms with Crippen molar-refractivity contribution in [1.29, 1.82) is 0 Å². The highest BCUT2D eigenvalue weighted by atomic mass is 35.5. The monoisotopic (exact) mass is 344 g/mol. The SMILES string of the molecule is CCNC(=O)C(CC)N(Cc1ccc(Cl)cc1Cl)C(=O)CC. The van der Waals surface area contributed by atoms with Crippen molar-refractivity contribution in [1.82, 2.24) is 10.2 Å². The van der Waals surface area contributed by atoms with Crippen molar-refractivity contribution in [3.8, 4) is 0 Å². The second kappa shape index (κ2) is 9.01. The quantitative estimate of drug-likeness (QED) is 0.820. The molecule has 0 saturated carbocycles. The summed E-state index contributed by atoms with van der Waals surface area (Å²) in [6.07, 6.45) is 0.879. The van der Waals surface area contributed by atoms with Gasteiger partial charge in [0.2, 0.25) is 11.8 Å². The molecule has 2 amide bonds. The van der Waals surface area contributed by atoms with Crippen LogP contribution in [0.25, 0.3) is 0 Å². The highest BCUT2D eigenvalue weighted by molar-refractivity contribution is 6.35. The zero-order valence-electron chi connectivity index (χ0n) is 13.2. The summed E-state index contributed by atoms with van der Waals surface area (Å²) in [6.45, 7) is 6.35. The topological polar surface area (TPSA) is 49.4 Å². The van der Waals surface area contributed by atoms with E-state index in [1.165, 1.54) is 0 Å². The summed E-state index contributed by atoms with van der Waals surface area (Å²) in [5.74, 6) is -0.221. The molecule has 1 N–H and O–H groups in total. The molecule has 122 valence electrons. The Morgan fingerprint density at radius 2 is 1.91 bits per heavy atom. The molecule has 0 aliphatic carbocycles. The number of carbonyl (C=O) groups excluding carboxylic acids is 2. The minimum Gasteiger partial charge on any atom is -0.355 e. The van der Waals surface area contributed by atoms with Gasteiger partial charge in [0.25, 0.3) is 0 Å². The predicted octanol–water partition coefficient (Wildman–Crippen LogP) is 3.65. The minimum absolute atomic E-state index is 0.0795. The summed E-state index contributed by atoms with van der Waals surface area (Å²) >= 11 is 12.1. The van der Waals surface area contributed by atoms with E-state index in [2.05, 4.69) is 5.32 Å². The number of nitrogens with zero attached hydrogens (tertiary/aromatic N) is 1. The summed E-state index contributed by atoms with van der Waals surface area (Å²) in [4.78, 5) is 26.1. The lowest BCUT2D eigenvalue weighted by Crippen LogP contribution is -2.48. The maximum absolute atomic E-state index is 12.3. The van der Waals surface area contributed by atoms with E-state index in [9.17, 15) is 9.59 Å². The molecule has 0 aromatic heterocycles. The first kappa shape index (κ1) is 18.8. The van der Waals surface area contributed by atoms with Crippen LogP contribution in [0.15, 0.2) is 18.2 Å². The Morgan fingerprint density at radius 1 is 1.23 bits per heavy atom. The number of benzene rings is 1.